The molecule has 0 spiro atoms. The molecule has 1 saturated heterocycles. The third-order valence-corrected chi connectivity index (χ3v) is 7.24. The molecule has 25 heavy (non-hydrogen) atoms. The third-order valence-electron chi connectivity index (χ3n) is 3.47. The van der Waals surface area contributed by atoms with Crippen molar-refractivity contribution in [3.05, 3.63) is 24.0 Å². The maximum Gasteiger partial charge on any atom is 0.501 e. The van der Waals surface area contributed by atoms with E-state index in [0.29, 0.717) is 11.2 Å². The Balaban J connectivity index is 1.93. The molecular formula is C13H11F4N3O2S3. The minimum absolute atomic E-state index is 0.247. The van der Waals surface area contributed by atoms with Crippen molar-refractivity contribution in [2.45, 2.75) is 32.5 Å². The second kappa shape index (κ2) is 6.72. The average Bonchev–Trinajstić information content (AvgIpc) is 3.18. The predicted molar refractivity (Wildman–Crippen MR) is 85.1 cm³/mol. The van der Waals surface area contributed by atoms with Gasteiger partial charge >= 0.3 is 5.51 Å². The lowest BCUT2D eigenvalue weighted by atomic mass is 10.3. The number of alkyl halides is 3. The van der Waals surface area contributed by atoms with Crippen LogP contribution < -0.4 is 4.90 Å². The van der Waals surface area contributed by atoms with E-state index < -0.39 is 26.1 Å². The lowest BCUT2D eigenvalue weighted by molar-refractivity contribution is -0.0437. The van der Waals surface area contributed by atoms with Crippen LogP contribution in [0.25, 0.3) is 0 Å². The summed E-state index contributed by atoms with van der Waals surface area (Å²) in [6.07, 6.45) is 2.04. The third kappa shape index (κ3) is 3.75. The van der Waals surface area contributed by atoms with Gasteiger partial charge in [-0.1, -0.05) is 23.1 Å². The number of benzene rings is 1. The number of nitrogens with zero attached hydrogens (tertiary/aromatic N) is 3. The molecule has 0 aliphatic carbocycles. The van der Waals surface area contributed by atoms with Crippen LogP contribution >= 0.6 is 23.1 Å². The van der Waals surface area contributed by atoms with Gasteiger partial charge < -0.3 is 4.90 Å². The molecule has 5 nitrogen and oxygen atoms in total. The summed E-state index contributed by atoms with van der Waals surface area (Å²) in [6, 6.07) is 2.27. The van der Waals surface area contributed by atoms with Gasteiger partial charge in [-0.15, -0.1) is 10.2 Å². The highest BCUT2D eigenvalue weighted by atomic mass is 32.2. The van der Waals surface area contributed by atoms with Crippen molar-refractivity contribution >= 4 is 38.1 Å². The van der Waals surface area contributed by atoms with E-state index >= 15 is 0 Å². The van der Waals surface area contributed by atoms with Crippen LogP contribution in [0.5, 0.6) is 0 Å². The first-order chi connectivity index (χ1) is 11.7. The van der Waals surface area contributed by atoms with Crippen LogP contribution in [-0.4, -0.2) is 37.2 Å². The lowest BCUT2D eigenvalue weighted by Gasteiger charge is -2.12. The highest BCUT2D eigenvalue weighted by molar-refractivity contribution is 8.02. The van der Waals surface area contributed by atoms with Crippen LogP contribution in [0.15, 0.2) is 32.3 Å². The molecule has 0 atom stereocenters. The fraction of sp³-hybridized carbons (Fsp3) is 0.385. The summed E-state index contributed by atoms with van der Waals surface area (Å²) in [4.78, 5) is 0.630. The molecule has 2 aromatic rings. The van der Waals surface area contributed by atoms with Crippen LogP contribution in [-0.2, 0) is 9.84 Å². The van der Waals surface area contributed by atoms with E-state index in [0.717, 1.165) is 61.2 Å². The summed E-state index contributed by atoms with van der Waals surface area (Å²) in [5.74, 6) is -1.07. The van der Waals surface area contributed by atoms with Crippen LogP contribution in [0, 0.1) is 5.82 Å². The van der Waals surface area contributed by atoms with Gasteiger partial charge in [0.1, 0.15) is 5.82 Å². The molecule has 1 aromatic heterocycles. The zero-order chi connectivity index (χ0) is 18.2. The Morgan fingerprint density at radius 3 is 2.48 bits per heavy atom. The molecule has 3 rings (SSSR count). The van der Waals surface area contributed by atoms with Crippen molar-refractivity contribution in [1.82, 2.24) is 10.2 Å². The number of sulfone groups is 1. The zero-order valence-electron chi connectivity index (χ0n) is 12.5. The molecule has 1 aliphatic heterocycles. The first-order valence-corrected chi connectivity index (χ1v) is 10.2. The average molecular weight is 413 g/mol. The Morgan fingerprint density at radius 2 is 1.84 bits per heavy atom. The van der Waals surface area contributed by atoms with Crippen molar-refractivity contribution in [2.75, 3.05) is 18.0 Å². The fourth-order valence-electron chi connectivity index (χ4n) is 2.27. The topological polar surface area (TPSA) is 63.2 Å². The predicted octanol–water partition coefficient (Wildman–Crippen LogP) is 3.72. The second-order valence-corrected chi connectivity index (χ2v) is 9.34. The Morgan fingerprint density at radius 1 is 1.16 bits per heavy atom. The number of aromatic nitrogens is 2. The number of hydrogen-bond acceptors (Lipinski definition) is 7. The first kappa shape index (κ1) is 18.4. The molecule has 0 amide bonds. The molecule has 136 valence electrons. The zero-order valence-corrected chi connectivity index (χ0v) is 14.9. The summed E-state index contributed by atoms with van der Waals surface area (Å²) in [7, 11) is -5.67. The van der Waals surface area contributed by atoms with Crippen LogP contribution in [0.1, 0.15) is 12.8 Å². The summed E-state index contributed by atoms with van der Waals surface area (Å²) in [5, 5.41) is 8.49. The molecule has 2 heterocycles. The largest absolute Gasteiger partial charge is 0.501 e. The van der Waals surface area contributed by atoms with Crippen molar-refractivity contribution in [1.29, 1.82) is 0 Å². The highest BCUT2D eigenvalue weighted by Gasteiger charge is 2.48. The SMILES string of the molecule is O=S(=O)(c1cc(F)ccc1Sc1nnc(N2CCCC2)s1)C(F)(F)F. The van der Waals surface area contributed by atoms with Gasteiger partial charge in [0.2, 0.25) is 5.13 Å². The van der Waals surface area contributed by atoms with E-state index in [1.165, 1.54) is 0 Å². The van der Waals surface area contributed by atoms with Gasteiger partial charge in [-0.25, -0.2) is 12.8 Å². The van der Waals surface area contributed by atoms with E-state index in [4.69, 9.17) is 0 Å². The standard InChI is InChI=1S/C13H11F4N3O2S3/c14-8-3-4-9(10(7-8)25(21,22)13(15,16)17)23-12-19-18-11(24-12)20-5-1-2-6-20/h3-4,7H,1-2,5-6H2. The molecule has 0 bridgehead atoms. The molecule has 0 unspecified atom stereocenters. The van der Waals surface area contributed by atoms with Crippen molar-refractivity contribution < 1.29 is 26.0 Å². The monoisotopic (exact) mass is 413 g/mol. The van der Waals surface area contributed by atoms with Gasteiger partial charge in [0, 0.05) is 18.0 Å². The number of halogens is 4. The molecule has 1 fully saturated rings. The molecular weight excluding hydrogens is 402 g/mol. The quantitative estimate of drug-likeness (QED) is 0.712. The molecule has 0 saturated carbocycles. The molecule has 12 heteroatoms. The van der Waals surface area contributed by atoms with E-state index in [1.807, 2.05) is 4.90 Å². The number of anilines is 1. The van der Waals surface area contributed by atoms with Crippen molar-refractivity contribution in [3.63, 3.8) is 0 Å². The minimum atomic E-state index is -5.67. The van der Waals surface area contributed by atoms with Gasteiger partial charge in [0.15, 0.2) is 4.34 Å². The van der Waals surface area contributed by atoms with Gasteiger partial charge in [0.25, 0.3) is 9.84 Å². The van der Waals surface area contributed by atoms with Crippen LogP contribution in [0.3, 0.4) is 0 Å². The van der Waals surface area contributed by atoms with Gasteiger partial charge in [-0.2, -0.15) is 13.2 Å². The van der Waals surface area contributed by atoms with E-state index in [-0.39, 0.29) is 9.24 Å². The van der Waals surface area contributed by atoms with E-state index in [2.05, 4.69) is 10.2 Å². The van der Waals surface area contributed by atoms with Crippen molar-refractivity contribution in [3.8, 4) is 0 Å². The summed E-state index contributed by atoms with van der Waals surface area (Å²) < 4.78 is 75.5. The maximum atomic E-state index is 13.3. The summed E-state index contributed by atoms with van der Waals surface area (Å²) in [5.41, 5.74) is -5.52. The van der Waals surface area contributed by atoms with E-state index in [1.54, 1.807) is 0 Å². The first-order valence-electron chi connectivity index (χ1n) is 7.06. The van der Waals surface area contributed by atoms with Crippen LogP contribution in [0.4, 0.5) is 22.7 Å². The fourth-order valence-corrected chi connectivity index (χ4v) is 5.44. The lowest BCUT2D eigenvalue weighted by Crippen LogP contribution is -2.24. The molecule has 1 aromatic carbocycles. The maximum absolute atomic E-state index is 13.3. The van der Waals surface area contributed by atoms with Gasteiger partial charge in [-0.05, 0) is 31.0 Å². The second-order valence-electron chi connectivity index (χ2n) is 5.19. The van der Waals surface area contributed by atoms with E-state index in [9.17, 15) is 26.0 Å². The molecule has 1 aliphatic rings. The molecule has 0 radical (unpaired) electrons. The van der Waals surface area contributed by atoms with Gasteiger partial charge in [-0.3, -0.25) is 0 Å². The molecule has 0 N–H and O–H groups in total. The Labute approximate surface area is 149 Å². The Bertz CT molecular complexity index is 877. The highest BCUT2D eigenvalue weighted by Crippen LogP contribution is 2.41. The number of rotatable bonds is 4. The minimum Gasteiger partial charge on any atom is -0.347 e. The summed E-state index contributed by atoms with van der Waals surface area (Å²) in [6.45, 7) is 1.65. The normalized spacial score (nSPS) is 15.8. The van der Waals surface area contributed by atoms with Gasteiger partial charge in [0.05, 0.1) is 4.90 Å². The van der Waals surface area contributed by atoms with Crippen molar-refractivity contribution in [2.24, 2.45) is 0 Å². The number of hydrogen-bond donors (Lipinski definition) is 0. The van der Waals surface area contributed by atoms with Crippen LogP contribution in [0.2, 0.25) is 0 Å². The smallest absolute Gasteiger partial charge is 0.347 e. The Kier molecular flexibility index (Phi) is 4.95. The summed E-state index contributed by atoms with van der Waals surface area (Å²) >= 11 is 1.87. The Hall–Kier alpha value is -1.40.